The number of halogens is 1. The fraction of sp³-hybridized carbons (Fsp3) is 0.294. The van der Waals surface area contributed by atoms with Gasteiger partial charge in [0.1, 0.15) is 5.69 Å². The smallest absolute Gasteiger partial charge is 0.292 e. The first-order chi connectivity index (χ1) is 14.0. The first-order valence-electron chi connectivity index (χ1n) is 8.87. The molecular weight excluding hydrogens is 398 g/mol. The number of nitrogens with zero attached hydrogens (tertiary/aromatic N) is 7. The predicted molar refractivity (Wildman–Crippen MR) is 107 cm³/mol. The Morgan fingerprint density at radius 1 is 1.38 bits per heavy atom. The number of nitrogens with one attached hydrogen (secondary N) is 1. The largest absolute Gasteiger partial charge is 0.378 e. The van der Waals surface area contributed by atoms with E-state index in [0.29, 0.717) is 17.3 Å². The summed E-state index contributed by atoms with van der Waals surface area (Å²) in [4.78, 5) is 15.0. The summed E-state index contributed by atoms with van der Waals surface area (Å²) < 4.78 is 5.81. The van der Waals surface area contributed by atoms with Crippen molar-refractivity contribution in [2.75, 3.05) is 18.8 Å². The second-order valence-electron chi connectivity index (χ2n) is 5.99. The molecule has 0 atom stereocenters. The molecule has 3 rings (SSSR count). The normalized spacial score (nSPS) is 11.4. The third-order valence-electron chi connectivity index (χ3n) is 4.15. The Morgan fingerprint density at radius 3 is 2.83 bits per heavy atom. The monoisotopic (exact) mass is 417 g/mol. The Kier molecular flexibility index (Phi) is 6.52. The van der Waals surface area contributed by atoms with Crippen LogP contribution < -0.4 is 11.2 Å². The first-order valence-corrected chi connectivity index (χ1v) is 9.25. The quantitative estimate of drug-likeness (QED) is 0.415. The van der Waals surface area contributed by atoms with Crippen LogP contribution in [0.5, 0.6) is 0 Å². The molecule has 0 radical (unpaired) electrons. The Balaban J connectivity index is 1.89. The van der Waals surface area contributed by atoms with Gasteiger partial charge in [0, 0.05) is 11.6 Å². The van der Waals surface area contributed by atoms with Gasteiger partial charge in [0.05, 0.1) is 6.21 Å². The van der Waals surface area contributed by atoms with E-state index in [4.69, 9.17) is 17.3 Å². The number of nitrogens with two attached hydrogens (primary N) is 1. The molecule has 2 heterocycles. The molecule has 152 valence electrons. The number of hydrazone groups is 1. The maximum absolute atomic E-state index is 12.9. The molecule has 0 saturated carbocycles. The zero-order chi connectivity index (χ0) is 20.8. The average Bonchev–Trinajstić information content (AvgIpc) is 3.31. The zero-order valence-corrected chi connectivity index (χ0v) is 16.7. The lowest BCUT2D eigenvalue weighted by Gasteiger charge is -2.16. The SMILES string of the molecule is CCN(CC)Cc1nnn(-c2nonc2N)c1C(=O)N/N=C/c1cccc(Cl)c1. The predicted octanol–water partition coefficient (Wildman–Crippen LogP) is 1.49. The van der Waals surface area contributed by atoms with Crippen molar-refractivity contribution < 1.29 is 9.42 Å². The highest BCUT2D eigenvalue weighted by Gasteiger charge is 2.25. The number of anilines is 1. The molecule has 0 saturated heterocycles. The van der Waals surface area contributed by atoms with Crippen molar-refractivity contribution in [3.05, 3.63) is 46.2 Å². The molecule has 0 bridgehead atoms. The van der Waals surface area contributed by atoms with Crippen LogP contribution in [0.25, 0.3) is 5.82 Å². The minimum atomic E-state index is -0.530. The fourth-order valence-electron chi connectivity index (χ4n) is 2.60. The molecule has 1 aromatic carbocycles. The van der Waals surface area contributed by atoms with E-state index in [0.717, 1.165) is 18.7 Å². The number of benzene rings is 1. The number of hydrogen-bond donors (Lipinski definition) is 2. The number of carbonyl (C=O) groups is 1. The van der Waals surface area contributed by atoms with E-state index >= 15 is 0 Å². The Bertz CT molecular complexity index is 1010. The average molecular weight is 418 g/mol. The molecule has 11 nitrogen and oxygen atoms in total. The molecule has 0 unspecified atom stereocenters. The summed E-state index contributed by atoms with van der Waals surface area (Å²) in [6.45, 7) is 6.01. The van der Waals surface area contributed by atoms with Crippen molar-refractivity contribution in [3.63, 3.8) is 0 Å². The van der Waals surface area contributed by atoms with E-state index in [1.54, 1.807) is 24.3 Å². The molecule has 12 heteroatoms. The second-order valence-corrected chi connectivity index (χ2v) is 6.42. The molecule has 0 spiro atoms. The molecular formula is C17H20ClN9O2. The fourth-order valence-corrected chi connectivity index (χ4v) is 2.80. The first kappa shape index (κ1) is 20.4. The van der Waals surface area contributed by atoms with E-state index in [9.17, 15) is 4.79 Å². The Labute approximate surface area is 171 Å². The minimum Gasteiger partial charge on any atom is -0.378 e. The van der Waals surface area contributed by atoms with Gasteiger partial charge in [0.15, 0.2) is 5.69 Å². The van der Waals surface area contributed by atoms with Gasteiger partial charge >= 0.3 is 0 Å². The van der Waals surface area contributed by atoms with Crippen LogP contribution in [0, 0.1) is 0 Å². The number of nitrogen functional groups attached to an aromatic ring is 1. The molecule has 2 aromatic heterocycles. The number of aromatic nitrogens is 5. The van der Waals surface area contributed by atoms with Gasteiger partial charge in [-0.2, -0.15) is 9.78 Å². The number of carbonyl (C=O) groups excluding carboxylic acids is 1. The third kappa shape index (κ3) is 4.76. The topological polar surface area (TPSA) is 140 Å². The molecule has 0 aliphatic rings. The summed E-state index contributed by atoms with van der Waals surface area (Å²) in [6.07, 6.45) is 1.48. The van der Waals surface area contributed by atoms with Gasteiger partial charge in [-0.1, -0.05) is 42.8 Å². The van der Waals surface area contributed by atoms with Gasteiger partial charge in [-0.3, -0.25) is 9.69 Å². The zero-order valence-electron chi connectivity index (χ0n) is 15.9. The summed E-state index contributed by atoms with van der Waals surface area (Å²) in [5.41, 5.74) is 9.55. The van der Waals surface area contributed by atoms with Gasteiger partial charge in [-0.15, -0.1) is 5.10 Å². The van der Waals surface area contributed by atoms with Crippen molar-refractivity contribution in [2.45, 2.75) is 20.4 Å². The van der Waals surface area contributed by atoms with Crippen LogP contribution in [0.2, 0.25) is 5.02 Å². The van der Waals surface area contributed by atoms with Gasteiger partial charge < -0.3 is 5.73 Å². The highest BCUT2D eigenvalue weighted by molar-refractivity contribution is 6.30. The highest BCUT2D eigenvalue weighted by atomic mass is 35.5. The van der Waals surface area contributed by atoms with Gasteiger partial charge in [0.2, 0.25) is 11.6 Å². The van der Waals surface area contributed by atoms with E-state index in [1.807, 2.05) is 13.8 Å². The van der Waals surface area contributed by atoms with Crippen LogP contribution in [0.15, 0.2) is 34.0 Å². The molecule has 3 N–H and O–H groups in total. The lowest BCUT2D eigenvalue weighted by molar-refractivity contribution is 0.0945. The highest BCUT2D eigenvalue weighted by Crippen LogP contribution is 2.17. The molecule has 3 aromatic rings. The Hall–Kier alpha value is -3.31. The molecule has 29 heavy (non-hydrogen) atoms. The lowest BCUT2D eigenvalue weighted by Crippen LogP contribution is -2.27. The van der Waals surface area contributed by atoms with E-state index in [2.05, 4.69) is 40.7 Å². The third-order valence-corrected chi connectivity index (χ3v) is 4.38. The lowest BCUT2D eigenvalue weighted by atomic mass is 10.2. The number of amides is 1. The summed E-state index contributed by atoms with van der Waals surface area (Å²) in [6, 6.07) is 7.06. The van der Waals surface area contributed by atoms with Crippen LogP contribution in [-0.2, 0) is 6.54 Å². The molecule has 0 aliphatic heterocycles. The standard InChI is InChI=1S/C17H20ClN9O2/c1-3-26(4-2)10-13-14(27(25-21-13)16-15(19)23-29-24-16)17(28)22-20-9-11-6-5-7-12(18)8-11/h5-9H,3-4,10H2,1-2H3,(H2,19,23)(H,22,28)/b20-9+. The van der Waals surface area contributed by atoms with Gasteiger partial charge in [0.25, 0.3) is 5.91 Å². The van der Waals surface area contributed by atoms with Crippen molar-refractivity contribution in [3.8, 4) is 5.82 Å². The summed E-state index contributed by atoms with van der Waals surface area (Å²) in [5, 5.41) is 19.9. The summed E-state index contributed by atoms with van der Waals surface area (Å²) in [5.74, 6) is -0.467. The minimum absolute atomic E-state index is 0.0132. The van der Waals surface area contributed by atoms with Crippen molar-refractivity contribution in [1.82, 2.24) is 35.6 Å². The molecule has 0 aliphatic carbocycles. The maximum atomic E-state index is 12.9. The second kappa shape index (κ2) is 9.26. The summed E-state index contributed by atoms with van der Waals surface area (Å²) >= 11 is 5.95. The molecule has 0 fully saturated rings. The van der Waals surface area contributed by atoms with Crippen LogP contribution in [0.3, 0.4) is 0 Å². The molecule has 1 amide bonds. The van der Waals surface area contributed by atoms with E-state index in [1.165, 1.54) is 10.9 Å². The Morgan fingerprint density at radius 2 is 2.17 bits per heavy atom. The van der Waals surface area contributed by atoms with Crippen LogP contribution in [0.1, 0.15) is 35.6 Å². The van der Waals surface area contributed by atoms with Gasteiger partial charge in [-0.05, 0) is 41.1 Å². The van der Waals surface area contributed by atoms with Crippen molar-refractivity contribution in [1.29, 1.82) is 0 Å². The van der Waals surface area contributed by atoms with E-state index < -0.39 is 5.91 Å². The summed E-state index contributed by atoms with van der Waals surface area (Å²) in [7, 11) is 0. The van der Waals surface area contributed by atoms with Gasteiger partial charge in [-0.25, -0.2) is 10.1 Å². The number of hydrogen-bond acceptors (Lipinski definition) is 9. The van der Waals surface area contributed by atoms with Crippen LogP contribution >= 0.6 is 11.6 Å². The maximum Gasteiger partial charge on any atom is 0.292 e. The van der Waals surface area contributed by atoms with Crippen LogP contribution in [-0.4, -0.2) is 55.4 Å². The van der Waals surface area contributed by atoms with Crippen molar-refractivity contribution >= 4 is 29.5 Å². The van der Waals surface area contributed by atoms with E-state index in [-0.39, 0.29) is 17.3 Å². The number of rotatable bonds is 8. The van der Waals surface area contributed by atoms with Crippen molar-refractivity contribution in [2.24, 2.45) is 5.10 Å². The van der Waals surface area contributed by atoms with Crippen LogP contribution in [0.4, 0.5) is 5.82 Å².